The first kappa shape index (κ1) is 13.9. The molecule has 1 aromatic heterocycles. The molecule has 0 saturated carbocycles. The van der Waals surface area contributed by atoms with Crippen LogP contribution in [-0.2, 0) is 11.9 Å². The highest BCUT2D eigenvalue weighted by molar-refractivity contribution is 7.98. The van der Waals surface area contributed by atoms with Gasteiger partial charge in [0, 0.05) is 11.4 Å². The van der Waals surface area contributed by atoms with Gasteiger partial charge in [-0.05, 0) is 24.6 Å². The molecule has 0 spiro atoms. The summed E-state index contributed by atoms with van der Waals surface area (Å²) < 4.78 is 38.0. The van der Waals surface area contributed by atoms with Crippen molar-refractivity contribution in [1.82, 2.24) is 4.98 Å². The Labute approximate surface area is 113 Å². The summed E-state index contributed by atoms with van der Waals surface area (Å²) in [6.07, 6.45) is -4.32. The van der Waals surface area contributed by atoms with E-state index in [-0.39, 0.29) is 0 Å². The fourth-order valence-electron chi connectivity index (χ4n) is 1.61. The monoisotopic (exact) mass is 283 g/mol. The molecule has 5 heteroatoms. The van der Waals surface area contributed by atoms with Gasteiger partial charge >= 0.3 is 6.18 Å². The average molecular weight is 283 g/mol. The SMILES string of the molecule is Cc1cc(C(F)(F)F)cc(SCc2ccccc2)n1. The normalized spacial score (nSPS) is 11.6. The Hall–Kier alpha value is -1.49. The number of halogens is 3. The van der Waals surface area contributed by atoms with Gasteiger partial charge in [0.15, 0.2) is 0 Å². The standard InChI is InChI=1S/C14H12F3NS/c1-10-7-12(14(15,16)17)8-13(18-10)19-9-11-5-3-2-4-6-11/h2-8H,9H2,1H3. The second-order valence-corrected chi connectivity index (χ2v) is 5.10. The molecule has 0 fully saturated rings. The van der Waals surface area contributed by atoms with Crippen molar-refractivity contribution in [1.29, 1.82) is 0 Å². The number of thioether (sulfide) groups is 1. The summed E-state index contributed by atoms with van der Waals surface area (Å²) in [6.45, 7) is 1.57. The molecule has 0 aliphatic rings. The van der Waals surface area contributed by atoms with Crippen LogP contribution in [0.2, 0.25) is 0 Å². The molecule has 1 aromatic carbocycles. The van der Waals surface area contributed by atoms with E-state index < -0.39 is 11.7 Å². The number of hydrogen-bond acceptors (Lipinski definition) is 2. The van der Waals surface area contributed by atoms with Crippen molar-refractivity contribution >= 4 is 11.8 Å². The van der Waals surface area contributed by atoms with Crippen molar-refractivity contribution in [3.8, 4) is 0 Å². The van der Waals surface area contributed by atoms with E-state index in [1.54, 1.807) is 6.92 Å². The molecule has 0 amide bonds. The van der Waals surface area contributed by atoms with Gasteiger partial charge in [-0.3, -0.25) is 0 Å². The smallest absolute Gasteiger partial charge is 0.247 e. The second-order valence-electron chi connectivity index (χ2n) is 4.11. The van der Waals surface area contributed by atoms with Crippen LogP contribution in [0.3, 0.4) is 0 Å². The first-order valence-corrected chi connectivity index (χ1v) is 6.66. The summed E-state index contributed by atoms with van der Waals surface area (Å²) in [4.78, 5) is 4.13. The predicted octanol–water partition coefficient (Wildman–Crippen LogP) is 4.70. The summed E-state index contributed by atoms with van der Waals surface area (Å²) in [5.41, 5.74) is 0.797. The Morgan fingerprint density at radius 2 is 1.79 bits per heavy atom. The molecular weight excluding hydrogens is 271 g/mol. The van der Waals surface area contributed by atoms with Crippen LogP contribution in [0.15, 0.2) is 47.5 Å². The molecule has 1 heterocycles. The third kappa shape index (κ3) is 3.99. The molecule has 2 rings (SSSR count). The maximum absolute atomic E-state index is 12.7. The number of benzene rings is 1. The number of rotatable bonds is 3. The molecule has 2 aromatic rings. The molecule has 19 heavy (non-hydrogen) atoms. The van der Waals surface area contributed by atoms with E-state index in [0.717, 1.165) is 17.7 Å². The minimum absolute atomic E-state index is 0.380. The number of aryl methyl sites for hydroxylation is 1. The topological polar surface area (TPSA) is 12.9 Å². The molecule has 0 unspecified atom stereocenters. The third-order valence-corrected chi connectivity index (χ3v) is 3.47. The van der Waals surface area contributed by atoms with E-state index in [0.29, 0.717) is 16.5 Å². The number of pyridine rings is 1. The Balaban J connectivity index is 2.15. The molecule has 0 saturated heterocycles. The lowest BCUT2D eigenvalue weighted by molar-refractivity contribution is -0.137. The van der Waals surface area contributed by atoms with Crippen LogP contribution in [0.25, 0.3) is 0 Å². The van der Waals surface area contributed by atoms with Crippen LogP contribution in [0.5, 0.6) is 0 Å². The molecule has 0 N–H and O–H groups in total. The number of aromatic nitrogens is 1. The minimum atomic E-state index is -4.32. The molecule has 0 aliphatic heterocycles. The van der Waals surface area contributed by atoms with Crippen molar-refractivity contribution in [2.75, 3.05) is 0 Å². The van der Waals surface area contributed by atoms with Crippen LogP contribution in [-0.4, -0.2) is 4.98 Å². The van der Waals surface area contributed by atoms with Gasteiger partial charge in [-0.2, -0.15) is 13.2 Å². The Morgan fingerprint density at radius 3 is 2.42 bits per heavy atom. The molecular formula is C14H12F3NS. The van der Waals surface area contributed by atoms with E-state index in [2.05, 4.69) is 4.98 Å². The van der Waals surface area contributed by atoms with Crippen LogP contribution < -0.4 is 0 Å². The second kappa shape index (κ2) is 5.65. The van der Waals surface area contributed by atoms with Gasteiger partial charge < -0.3 is 0 Å². The van der Waals surface area contributed by atoms with Gasteiger partial charge in [-0.25, -0.2) is 4.98 Å². The highest BCUT2D eigenvalue weighted by Gasteiger charge is 2.31. The van der Waals surface area contributed by atoms with Gasteiger partial charge in [0.25, 0.3) is 0 Å². The van der Waals surface area contributed by atoms with Crippen molar-refractivity contribution in [2.45, 2.75) is 23.9 Å². The first-order valence-electron chi connectivity index (χ1n) is 5.68. The van der Waals surface area contributed by atoms with Crippen molar-refractivity contribution in [3.05, 3.63) is 59.3 Å². The van der Waals surface area contributed by atoms with E-state index in [4.69, 9.17) is 0 Å². The molecule has 1 nitrogen and oxygen atoms in total. The molecule has 0 radical (unpaired) electrons. The average Bonchev–Trinajstić information content (AvgIpc) is 2.36. The van der Waals surface area contributed by atoms with Gasteiger partial charge in [0.2, 0.25) is 0 Å². The zero-order valence-corrected chi connectivity index (χ0v) is 11.1. The highest BCUT2D eigenvalue weighted by atomic mass is 32.2. The zero-order chi connectivity index (χ0) is 13.9. The molecule has 0 bridgehead atoms. The van der Waals surface area contributed by atoms with Gasteiger partial charge in [0.1, 0.15) is 0 Å². The van der Waals surface area contributed by atoms with E-state index in [1.165, 1.54) is 11.8 Å². The Kier molecular flexibility index (Phi) is 4.14. The van der Waals surface area contributed by atoms with Crippen LogP contribution >= 0.6 is 11.8 Å². The fraction of sp³-hybridized carbons (Fsp3) is 0.214. The lowest BCUT2D eigenvalue weighted by Crippen LogP contribution is -2.06. The highest BCUT2D eigenvalue weighted by Crippen LogP contribution is 2.32. The minimum Gasteiger partial charge on any atom is -0.247 e. The van der Waals surface area contributed by atoms with Crippen LogP contribution in [0.4, 0.5) is 13.2 Å². The maximum Gasteiger partial charge on any atom is 0.416 e. The van der Waals surface area contributed by atoms with Crippen LogP contribution in [0.1, 0.15) is 16.8 Å². The van der Waals surface area contributed by atoms with Gasteiger partial charge in [-0.1, -0.05) is 30.3 Å². The van der Waals surface area contributed by atoms with Crippen molar-refractivity contribution in [2.24, 2.45) is 0 Å². The lowest BCUT2D eigenvalue weighted by Gasteiger charge is -2.09. The lowest BCUT2D eigenvalue weighted by atomic mass is 10.2. The summed E-state index contributed by atoms with van der Waals surface area (Å²) in [7, 11) is 0. The Bertz CT molecular complexity index is 552. The number of hydrogen-bond donors (Lipinski definition) is 0. The number of nitrogens with zero attached hydrogens (tertiary/aromatic N) is 1. The largest absolute Gasteiger partial charge is 0.416 e. The van der Waals surface area contributed by atoms with Crippen molar-refractivity contribution in [3.63, 3.8) is 0 Å². The van der Waals surface area contributed by atoms with E-state index in [1.807, 2.05) is 30.3 Å². The predicted molar refractivity (Wildman–Crippen MR) is 70.0 cm³/mol. The fourth-order valence-corrected chi connectivity index (χ4v) is 2.53. The third-order valence-electron chi connectivity index (χ3n) is 2.49. The van der Waals surface area contributed by atoms with Gasteiger partial charge in [0.05, 0.1) is 10.6 Å². The van der Waals surface area contributed by atoms with E-state index >= 15 is 0 Å². The summed E-state index contributed by atoms with van der Waals surface area (Å²) in [6, 6.07) is 11.7. The summed E-state index contributed by atoms with van der Waals surface area (Å²) in [5, 5.41) is 0.399. The number of alkyl halides is 3. The van der Waals surface area contributed by atoms with Crippen molar-refractivity contribution < 1.29 is 13.2 Å². The Morgan fingerprint density at radius 1 is 1.11 bits per heavy atom. The molecule has 0 atom stereocenters. The van der Waals surface area contributed by atoms with Gasteiger partial charge in [-0.15, -0.1) is 11.8 Å². The maximum atomic E-state index is 12.7. The molecule has 100 valence electrons. The van der Waals surface area contributed by atoms with E-state index in [9.17, 15) is 13.2 Å². The zero-order valence-electron chi connectivity index (χ0n) is 10.2. The van der Waals surface area contributed by atoms with Crippen LogP contribution in [0, 0.1) is 6.92 Å². The quantitative estimate of drug-likeness (QED) is 0.757. The summed E-state index contributed by atoms with van der Waals surface area (Å²) in [5.74, 6) is 0.606. The summed E-state index contributed by atoms with van der Waals surface area (Å²) >= 11 is 1.31. The molecule has 0 aliphatic carbocycles. The first-order chi connectivity index (χ1) is 8.95.